The first-order valence-electron chi connectivity index (χ1n) is 10.5. The van der Waals surface area contributed by atoms with Crippen LogP contribution in [-0.4, -0.2) is 31.4 Å². The summed E-state index contributed by atoms with van der Waals surface area (Å²) in [5, 5.41) is 5.69. The van der Waals surface area contributed by atoms with Gasteiger partial charge < -0.3 is 29.6 Å². The predicted molar refractivity (Wildman–Crippen MR) is 122 cm³/mol. The monoisotopic (exact) mass is 462 g/mol. The summed E-state index contributed by atoms with van der Waals surface area (Å²) in [7, 11) is 0. The highest BCUT2D eigenvalue weighted by atomic mass is 16.7. The predicted octanol–water partition coefficient (Wildman–Crippen LogP) is 4.13. The Balaban J connectivity index is 1.37. The average Bonchev–Trinajstić information content (AvgIpc) is 3.32. The van der Waals surface area contributed by atoms with Crippen LogP contribution >= 0.6 is 0 Å². The van der Waals surface area contributed by atoms with Crippen LogP contribution in [0.15, 0.2) is 66.7 Å². The van der Waals surface area contributed by atoms with Crippen molar-refractivity contribution in [2.75, 3.05) is 18.7 Å². The average molecular weight is 462 g/mol. The molecule has 0 atom stereocenters. The van der Waals surface area contributed by atoms with E-state index in [9.17, 15) is 14.4 Å². The Morgan fingerprint density at radius 2 is 1.62 bits per heavy atom. The molecule has 9 heteroatoms. The van der Waals surface area contributed by atoms with Gasteiger partial charge >= 0.3 is 6.16 Å². The maximum absolute atomic E-state index is 12.7. The molecule has 1 aliphatic heterocycles. The Morgan fingerprint density at radius 3 is 2.41 bits per heavy atom. The molecular weight excluding hydrogens is 440 g/mol. The lowest BCUT2D eigenvalue weighted by atomic mass is 10.1. The van der Waals surface area contributed by atoms with Crippen LogP contribution in [0.25, 0.3) is 0 Å². The van der Waals surface area contributed by atoms with E-state index in [-0.39, 0.29) is 37.5 Å². The summed E-state index contributed by atoms with van der Waals surface area (Å²) < 4.78 is 20.3. The van der Waals surface area contributed by atoms with Gasteiger partial charge in [-0.25, -0.2) is 4.79 Å². The highest BCUT2D eigenvalue weighted by molar-refractivity contribution is 6.05. The van der Waals surface area contributed by atoms with Crippen LogP contribution in [0.1, 0.15) is 33.2 Å². The van der Waals surface area contributed by atoms with Crippen LogP contribution in [0.5, 0.6) is 17.2 Å². The minimum absolute atomic E-state index is 0.129. The van der Waals surface area contributed by atoms with Crippen molar-refractivity contribution in [1.82, 2.24) is 5.32 Å². The molecule has 0 aromatic heterocycles. The number of rotatable bonds is 7. The molecule has 3 aromatic rings. The number of nitrogens with one attached hydrogen (secondary N) is 2. The quantitative estimate of drug-likeness (QED) is 0.401. The second-order valence-corrected chi connectivity index (χ2v) is 7.17. The van der Waals surface area contributed by atoms with Crippen molar-refractivity contribution in [3.63, 3.8) is 0 Å². The minimum Gasteiger partial charge on any atom is -0.454 e. The van der Waals surface area contributed by atoms with Gasteiger partial charge in [0, 0.05) is 23.4 Å². The molecule has 4 rings (SSSR count). The van der Waals surface area contributed by atoms with Gasteiger partial charge in [-0.1, -0.05) is 18.2 Å². The number of carbonyl (C=O) groups is 3. The lowest BCUT2D eigenvalue weighted by molar-refractivity contribution is 0.0950. The van der Waals surface area contributed by atoms with Gasteiger partial charge in [0.15, 0.2) is 11.5 Å². The molecule has 3 aromatic carbocycles. The molecule has 1 aliphatic rings. The number of benzene rings is 3. The molecule has 2 amide bonds. The summed E-state index contributed by atoms with van der Waals surface area (Å²) in [5.41, 5.74) is 2.11. The molecule has 0 aliphatic carbocycles. The zero-order chi connectivity index (χ0) is 23.9. The second-order valence-electron chi connectivity index (χ2n) is 7.17. The van der Waals surface area contributed by atoms with Gasteiger partial charge in [-0.2, -0.15) is 0 Å². The maximum Gasteiger partial charge on any atom is 0.513 e. The maximum atomic E-state index is 12.7. The third-order valence-corrected chi connectivity index (χ3v) is 4.92. The molecule has 0 saturated heterocycles. The van der Waals surface area contributed by atoms with Crippen LogP contribution in [0.3, 0.4) is 0 Å². The molecular formula is C25H22N2O7. The molecule has 2 N–H and O–H groups in total. The van der Waals surface area contributed by atoms with Crippen molar-refractivity contribution in [2.45, 2.75) is 13.5 Å². The molecule has 9 nitrogen and oxygen atoms in total. The van der Waals surface area contributed by atoms with E-state index in [4.69, 9.17) is 18.9 Å². The van der Waals surface area contributed by atoms with E-state index < -0.39 is 6.16 Å². The lowest BCUT2D eigenvalue weighted by Crippen LogP contribution is -2.24. The van der Waals surface area contributed by atoms with Crippen molar-refractivity contribution in [3.8, 4) is 17.2 Å². The smallest absolute Gasteiger partial charge is 0.454 e. The normalized spacial score (nSPS) is 11.4. The molecule has 0 spiro atoms. The van der Waals surface area contributed by atoms with E-state index in [0.717, 1.165) is 5.56 Å². The summed E-state index contributed by atoms with van der Waals surface area (Å²) in [6.45, 7) is 2.20. The van der Waals surface area contributed by atoms with E-state index in [1.165, 1.54) is 24.3 Å². The molecule has 0 radical (unpaired) electrons. The largest absolute Gasteiger partial charge is 0.513 e. The zero-order valence-corrected chi connectivity index (χ0v) is 18.3. The van der Waals surface area contributed by atoms with Crippen molar-refractivity contribution in [1.29, 1.82) is 0 Å². The van der Waals surface area contributed by atoms with Crippen LogP contribution in [0, 0.1) is 0 Å². The van der Waals surface area contributed by atoms with Crippen molar-refractivity contribution in [3.05, 3.63) is 83.4 Å². The van der Waals surface area contributed by atoms with Gasteiger partial charge in [0.1, 0.15) is 5.75 Å². The molecule has 34 heavy (non-hydrogen) atoms. The Labute approximate surface area is 195 Å². The molecule has 0 unspecified atom stereocenters. The fourth-order valence-electron chi connectivity index (χ4n) is 3.22. The highest BCUT2D eigenvalue weighted by Gasteiger charge is 2.17. The third kappa shape index (κ3) is 5.44. The van der Waals surface area contributed by atoms with Crippen LogP contribution in [-0.2, 0) is 11.3 Å². The fraction of sp³-hybridized carbons (Fsp3) is 0.160. The molecule has 0 bridgehead atoms. The first-order valence-corrected chi connectivity index (χ1v) is 10.5. The fourth-order valence-corrected chi connectivity index (χ4v) is 3.22. The van der Waals surface area contributed by atoms with Gasteiger partial charge in [0.2, 0.25) is 6.79 Å². The Bertz CT molecular complexity index is 1210. The van der Waals surface area contributed by atoms with E-state index in [0.29, 0.717) is 28.3 Å². The first kappa shape index (κ1) is 22.7. The summed E-state index contributed by atoms with van der Waals surface area (Å²) in [5.74, 6) is 0.757. The summed E-state index contributed by atoms with van der Waals surface area (Å²) in [4.78, 5) is 36.7. The number of fused-ring (bicyclic) bond motifs is 1. The van der Waals surface area contributed by atoms with Crippen molar-refractivity contribution >= 4 is 23.7 Å². The highest BCUT2D eigenvalue weighted by Crippen LogP contribution is 2.32. The minimum atomic E-state index is -0.806. The number of ether oxygens (including phenoxy) is 4. The van der Waals surface area contributed by atoms with Crippen LogP contribution in [0.2, 0.25) is 0 Å². The Kier molecular flexibility index (Phi) is 6.92. The summed E-state index contributed by atoms with van der Waals surface area (Å²) in [6, 6.07) is 18.2. The summed E-state index contributed by atoms with van der Waals surface area (Å²) >= 11 is 0. The Hall–Kier alpha value is -4.53. The number of amides is 2. The van der Waals surface area contributed by atoms with E-state index in [1.807, 2.05) is 12.1 Å². The van der Waals surface area contributed by atoms with Gasteiger partial charge in [-0.05, 0) is 61.0 Å². The third-order valence-electron chi connectivity index (χ3n) is 4.92. The SMILES string of the molecule is CCOC(=O)Oc1ccc(C(=O)NCc2ccccc2NC(=O)c2ccc3c(c2)OCO3)cc1. The number of anilines is 1. The van der Waals surface area contributed by atoms with Gasteiger partial charge in [-0.3, -0.25) is 9.59 Å². The Morgan fingerprint density at radius 1 is 0.882 bits per heavy atom. The van der Waals surface area contributed by atoms with E-state index >= 15 is 0 Å². The second kappa shape index (κ2) is 10.4. The van der Waals surface area contributed by atoms with E-state index in [1.54, 1.807) is 37.3 Å². The van der Waals surface area contributed by atoms with Crippen LogP contribution in [0.4, 0.5) is 10.5 Å². The molecule has 174 valence electrons. The molecule has 0 fully saturated rings. The van der Waals surface area contributed by atoms with Gasteiger partial charge in [0.05, 0.1) is 6.61 Å². The molecule has 1 heterocycles. The van der Waals surface area contributed by atoms with Crippen molar-refractivity contribution < 1.29 is 33.3 Å². The number of carbonyl (C=O) groups excluding carboxylic acids is 3. The summed E-state index contributed by atoms with van der Waals surface area (Å²) in [6.07, 6.45) is -0.806. The number of hydrogen-bond donors (Lipinski definition) is 2. The topological polar surface area (TPSA) is 112 Å². The van der Waals surface area contributed by atoms with E-state index in [2.05, 4.69) is 10.6 Å². The standard InChI is InChI=1S/C25H22N2O7/c1-2-31-25(30)34-19-10-7-16(8-11-19)23(28)26-14-18-5-3-4-6-20(18)27-24(29)17-9-12-21-22(13-17)33-15-32-21/h3-13H,2,14-15H2,1H3,(H,26,28)(H,27,29). The number of para-hydroxylation sites is 1. The zero-order valence-electron chi connectivity index (χ0n) is 18.3. The number of hydrogen-bond acceptors (Lipinski definition) is 7. The molecule has 0 saturated carbocycles. The van der Waals surface area contributed by atoms with Crippen LogP contribution < -0.4 is 24.8 Å². The lowest BCUT2D eigenvalue weighted by Gasteiger charge is -2.12. The van der Waals surface area contributed by atoms with Crippen molar-refractivity contribution in [2.24, 2.45) is 0 Å². The first-order chi connectivity index (χ1) is 16.5. The van der Waals surface area contributed by atoms with Gasteiger partial charge in [0.25, 0.3) is 11.8 Å². The van der Waals surface area contributed by atoms with Gasteiger partial charge in [-0.15, -0.1) is 0 Å².